The summed E-state index contributed by atoms with van der Waals surface area (Å²) in [5.41, 5.74) is 0.717. The smallest absolute Gasteiger partial charge is 0.303 e. The zero-order chi connectivity index (χ0) is 17.1. The maximum absolute atomic E-state index is 11.9. The Morgan fingerprint density at radius 3 is 2.83 bits per heavy atom. The molecule has 0 fully saturated rings. The van der Waals surface area contributed by atoms with Crippen molar-refractivity contribution < 1.29 is 19.8 Å². The molecule has 2 N–H and O–H groups in total. The number of carboxylic acid groups (broad SMARTS) is 1. The molecule has 0 bridgehead atoms. The lowest BCUT2D eigenvalue weighted by Crippen LogP contribution is -2.07. The zero-order valence-electron chi connectivity index (χ0n) is 13.9. The molecule has 128 valence electrons. The van der Waals surface area contributed by atoms with E-state index < -0.39 is 5.97 Å². The summed E-state index contributed by atoms with van der Waals surface area (Å²) in [4.78, 5) is 22.3. The van der Waals surface area contributed by atoms with Crippen LogP contribution in [0.1, 0.15) is 58.3 Å². The number of aliphatic carboxylic acids is 1. The second-order valence-electron chi connectivity index (χ2n) is 6.01. The fourth-order valence-corrected chi connectivity index (χ4v) is 2.58. The minimum absolute atomic E-state index is 0.00550. The second-order valence-corrected chi connectivity index (χ2v) is 6.01. The highest BCUT2D eigenvalue weighted by Crippen LogP contribution is 2.24. The average Bonchev–Trinajstić information content (AvgIpc) is 2.85. The Morgan fingerprint density at radius 1 is 1.35 bits per heavy atom. The van der Waals surface area contributed by atoms with E-state index in [4.69, 9.17) is 5.11 Å². The Kier molecular flexibility index (Phi) is 9.22. The molecule has 0 radical (unpaired) electrons. The van der Waals surface area contributed by atoms with Crippen LogP contribution < -0.4 is 0 Å². The van der Waals surface area contributed by atoms with Gasteiger partial charge < -0.3 is 10.2 Å². The Hall–Kier alpha value is -1.68. The number of allylic oxidation sites excluding steroid dienone is 5. The Balaban J connectivity index is 2.44. The molecule has 1 aliphatic carbocycles. The van der Waals surface area contributed by atoms with Crippen LogP contribution >= 0.6 is 0 Å². The minimum atomic E-state index is -0.785. The average molecular weight is 320 g/mol. The summed E-state index contributed by atoms with van der Waals surface area (Å²) in [5.74, 6) is -0.826. The predicted molar refractivity (Wildman–Crippen MR) is 91.1 cm³/mol. The first-order chi connectivity index (χ1) is 11.0. The highest BCUT2D eigenvalue weighted by Gasteiger charge is 2.20. The number of aliphatic hydroxyl groups is 1. The number of aliphatic hydroxyl groups excluding tert-OH is 1. The van der Waals surface area contributed by atoms with Gasteiger partial charge >= 0.3 is 5.97 Å². The molecule has 0 saturated heterocycles. The first-order valence-electron chi connectivity index (χ1n) is 8.53. The van der Waals surface area contributed by atoms with E-state index >= 15 is 0 Å². The van der Waals surface area contributed by atoms with Gasteiger partial charge in [0.2, 0.25) is 0 Å². The minimum Gasteiger partial charge on any atom is -0.481 e. The van der Waals surface area contributed by atoms with Gasteiger partial charge in [-0.1, -0.05) is 50.5 Å². The Morgan fingerprint density at radius 2 is 2.13 bits per heavy atom. The molecule has 4 heteroatoms. The largest absolute Gasteiger partial charge is 0.481 e. The van der Waals surface area contributed by atoms with Gasteiger partial charge in [0.1, 0.15) is 0 Å². The molecule has 4 nitrogen and oxygen atoms in total. The highest BCUT2D eigenvalue weighted by molar-refractivity contribution is 6.07. The number of hydrogen-bond acceptors (Lipinski definition) is 3. The third kappa shape index (κ3) is 7.93. The fourth-order valence-electron chi connectivity index (χ4n) is 2.58. The van der Waals surface area contributed by atoms with Gasteiger partial charge in [0.25, 0.3) is 0 Å². The van der Waals surface area contributed by atoms with Gasteiger partial charge in [-0.2, -0.15) is 0 Å². The monoisotopic (exact) mass is 320 g/mol. The van der Waals surface area contributed by atoms with Crippen LogP contribution in [0.3, 0.4) is 0 Å². The van der Waals surface area contributed by atoms with E-state index in [0.717, 1.165) is 25.7 Å². The molecule has 0 heterocycles. The van der Waals surface area contributed by atoms with Crippen molar-refractivity contribution >= 4 is 11.8 Å². The van der Waals surface area contributed by atoms with Crippen molar-refractivity contribution in [3.05, 3.63) is 36.0 Å². The first kappa shape index (κ1) is 19.4. The van der Waals surface area contributed by atoms with Crippen molar-refractivity contribution in [3.63, 3.8) is 0 Å². The number of carbonyl (C=O) groups is 2. The van der Waals surface area contributed by atoms with Gasteiger partial charge in [0.05, 0.1) is 6.10 Å². The van der Waals surface area contributed by atoms with Gasteiger partial charge in [0, 0.05) is 17.9 Å². The maximum atomic E-state index is 11.9. The summed E-state index contributed by atoms with van der Waals surface area (Å²) >= 11 is 0. The topological polar surface area (TPSA) is 74.6 Å². The highest BCUT2D eigenvalue weighted by atomic mass is 16.4. The van der Waals surface area contributed by atoms with Gasteiger partial charge in [-0.15, -0.1) is 0 Å². The standard InChI is InChI=1S/C19H28O4/c1-2-3-5-9-16(20)12-13-17-15(11-14-18(17)21)8-6-4-7-10-19(22)23/h6,8,11,13-16,20H,2-5,7,9-10,12H2,1H3,(H,22,23)/b8-6-,17-13+. The van der Waals surface area contributed by atoms with E-state index in [9.17, 15) is 14.7 Å². The lowest BCUT2D eigenvalue weighted by Gasteiger charge is -2.09. The Labute approximate surface area is 138 Å². The predicted octanol–water partition coefficient (Wildman–Crippen LogP) is 3.81. The van der Waals surface area contributed by atoms with E-state index in [0.29, 0.717) is 24.8 Å². The number of unbranched alkanes of at least 4 members (excludes halogenated alkanes) is 3. The molecule has 0 spiro atoms. The molecule has 0 amide bonds. The van der Waals surface area contributed by atoms with Crippen LogP contribution in [0.25, 0.3) is 0 Å². The van der Waals surface area contributed by atoms with E-state index in [2.05, 4.69) is 6.92 Å². The van der Waals surface area contributed by atoms with Crippen LogP contribution in [0.4, 0.5) is 0 Å². The lowest BCUT2D eigenvalue weighted by atomic mass is 9.98. The van der Waals surface area contributed by atoms with Crippen molar-refractivity contribution in [1.82, 2.24) is 0 Å². The third-order valence-corrected chi connectivity index (χ3v) is 3.95. The van der Waals surface area contributed by atoms with E-state index in [1.165, 1.54) is 0 Å². The molecule has 1 aliphatic rings. The van der Waals surface area contributed by atoms with E-state index in [1.807, 2.05) is 24.3 Å². The van der Waals surface area contributed by atoms with Crippen molar-refractivity contribution in [2.24, 2.45) is 5.92 Å². The molecule has 0 aromatic carbocycles. The molecule has 0 aromatic rings. The molecule has 0 saturated carbocycles. The van der Waals surface area contributed by atoms with Crippen molar-refractivity contribution in [2.75, 3.05) is 0 Å². The van der Waals surface area contributed by atoms with Gasteiger partial charge in [-0.3, -0.25) is 9.59 Å². The summed E-state index contributed by atoms with van der Waals surface area (Å²) in [6, 6.07) is 0. The maximum Gasteiger partial charge on any atom is 0.303 e. The summed E-state index contributed by atoms with van der Waals surface area (Å²) in [5, 5.41) is 18.5. The zero-order valence-corrected chi connectivity index (χ0v) is 13.9. The van der Waals surface area contributed by atoms with Crippen LogP contribution in [0.15, 0.2) is 36.0 Å². The summed E-state index contributed by atoms with van der Waals surface area (Å²) in [6.45, 7) is 2.13. The SMILES string of the molecule is CCCCCC(O)C/C=C1/C(=O)C=CC1/C=C\CCCC(=O)O. The molecule has 0 aliphatic heterocycles. The van der Waals surface area contributed by atoms with Gasteiger partial charge in [-0.05, 0) is 31.8 Å². The van der Waals surface area contributed by atoms with Crippen LogP contribution in [0.5, 0.6) is 0 Å². The van der Waals surface area contributed by atoms with E-state index in [-0.39, 0.29) is 24.2 Å². The molecule has 0 aromatic heterocycles. The molecule has 2 atom stereocenters. The Bertz CT molecular complexity index is 474. The number of ketones is 1. The summed E-state index contributed by atoms with van der Waals surface area (Å²) in [6.07, 6.45) is 14.8. The normalized spacial score (nSPS) is 20.7. The van der Waals surface area contributed by atoms with Crippen molar-refractivity contribution in [3.8, 4) is 0 Å². The summed E-state index contributed by atoms with van der Waals surface area (Å²) < 4.78 is 0. The summed E-state index contributed by atoms with van der Waals surface area (Å²) in [7, 11) is 0. The van der Waals surface area contributed by atoms with Crippen LogP contribution in [-0.2, 0) is 9.59 Å². The van der Waals surface area contributed by atoms with Crippen LogP contribution in [0, 0.1) is 5.92 Å². The van der Waals surface area contributed by atoms with Crippen molar-refractivity contribution in [1.29, 1.82) is 0 Å². The number of carbonyl (C=O) groups excluding carboxylic acids is 1. The fraction of sp³-hybridized carbons (Fsp3) is 0.579. The molecular formula is C19H28O4. The quantitative estimate of drug-likeness (QED) is 0.345. The second kappa shape index (κ2) is 10.9. The van der Waals surface area contributed by atoms with E-state index in [1.54, 1.807) is 6.08 Å². The first-order valence-corrected chi connectivity index (χ1v) is 8.53. The molecule has 23 heavy (non-hydrogen) atoms. The van der Waals surface area contributed by atoms with Gasteiger partial charge in [-0.25, -0.2) is 0 Å². The number of carboxylic acids is 1. The number of rotatable bonds is 11. The molecular weight excluding hydrogens is 292 g/mol. The van der Waals surface area contributed by atoms with Crippen LogP contribution in [0.2, 0.25) is 0 Å². The van der Waals surface area contributed by atoms with Gasteiger partial charge in [0.15, 0.2) is 5.78 Å². The third-order valence-electron chi connectivity index (χ3n) is 3.95. The van der Waals surface area contributed by atoms with Crippen LogP contribution in [-0.4, -0.2) is 28.1 Å². The molecule has 2 unspecified atom stereocenters. The molecule has 1 rings (SSSR count). The van der Waals surface area contributed by atoms with Crippen molar-refractivity contribution in [2.45, 2.75) is 64.4 Å². The number of hydrogen-bond donors (Lipinski definition) is 2. The lowest BCUT2D eigenvalue weighted by molar-refractivity contribution is -0.137.